The van der Waals surface area contributed by atoms with Gasteiger partial charge in [0.2, 0.25) is 5.28 Å². The number of imidazole rings is 1. The predicted molar refractivity (Wildman–Crippen MR) is 154 cm³/mol. The zero-order chi connectivity index (χ0) is 31.9. The molecular formula is C29H27ClFN5O8. The van der Waals surface area contributed by atoms with Crippen LogP contribution >= 0.6 is 11.6 Å². The van der Waals surface area contributed by atoms with Crippen LogP contribution in [0.5, 0.6) is 0 Å². The molecule has 5 N–H and O–H groups in total. The number of rotatable bonds is 15. The number of hydrogen-bond acceptors (Lipinski definition) is 10. The van der Waals surface area contributed by atoms with Gasteiger partial charge in [0.05, 0.1) is 19.5 Å². The SMILES string of the molecule is C#C[C@@H](O)[C@@H](O[C@@H](CO)COC(Cc1ccccc1)(C(=O)O)C(=O)O)n1cnc2c(NCc3ccccc3F)nc(Cl)nc21. The number of anilines is 1. The lowest BCUT2D eigenvalue weighted by Gasteiger charge is -2.30. The second-order valence-corrected chi connectivity index (χ2v) is 9.80. The molecule has 3 atom stereocenters. The molecule has 2 aromatic carbocycles. The van der Waals surface area contributed by atoms with Crippen LogP contribution < -0.4 is 5.32 Å². The summed E-state index contributed by atoms with van der Waals surface area (Å²) in [7, 11) is 0. The molecule has 0 fully saturated rings. The van der Waals surface area contributed by atoms with Crippen molar-refractivity contribution >= 4 is 40.5 Å². The zero-order valence-electron chi connectivity index (χ0n) is 22.9. The molecule has 0 aliphatic rings. The van der Waals surface area contributed by atoms with Gasteiger partial charge in [-0.25, -0.2) is 19.0 Å². The van der Waals surface area contributed by atoms with E-state index < -0.39 is 61.4 Å². The summed E-state index contributed by atoms with van der Waals surface area (Å²) in [6, 6.07) is 14.1. The van der Waals surface area contributed by atoms with Crippen LogP contribution in [0, 0.1) is 18.2 Å². The summed E-state index contributed by atoms with van der Waals surface area (Å²) in [5.74, 6) is -1.74. The molecule has 0 unspecified atom stereocenters. The van der Waals surface area contributed by atoms with Crippen molar-refractivity contribution in [2.24, 2.45) is 0 Å². The average molecular weight is 628 g/mol. The lowest BCUT2D eigenvalue weighted by molar-refractivity contribution is -0.195. The molecule has 13 nitrogen and oxygen atoms in total. The van der Waals surface area contributed by atoms with E-state index in [2.05, 4.69) is 26.2 Å². The number of aliphatic carboxylic acids is 2. The highest BCUT2D eigenvalue weighted by atomic mass is 35.5. The van der Waals surface area contributed by atoms with Gasteiger partial charge < -0.3 is 35.2 Å². The maximum Gasteiger partial charge on any atom is 0.348 e. The summed E-state index contributed by atoms with van der Waals surface area (Å²) in [4.78, 5) is 36.8. The Bertz CT molecular complexity index is 1650. The quantitative estimate of drug-likeness (QED) is 0.0735. The topological polar surface area (TPSA) is 189 Å². The van der Waals surface area contributed by atoms with E-state index in [1.807, 2.05) is 0 Å². The zero-order valence-corrected chi connectivity index (χ0v) is 23.6. The van der Waals surface area contributed by atoms with Crippen LogP contribution in [0.3, 0.4) is 0 Å². The minimum atomic E-state index is -2.72. The predicted octanol–water partition coefficient (Wildman–Crippen LogP) is 2.27. The average Bonchev–Trinajstić information content (AvgIpc) is 3.43. The molecule has 2 heterocycles. The Morgan fingerprint density at radius 3 is 2.43 bits per heavy atom. The third-order valence-corrected chi connectivity index (χ3v) is 6.72. The number of carboxylic acids is 2. The molecular weight excluding hydrogens is 601 g/mol. The molecule has 0 radical (unpaired) electrons. The van der Waals surface area contributed by atoms with Gasteiger partial charge in [-0.05, 0) is 23.2 Å². The van der Waals surface area contributed by atoms with E-state index in [1.54, 1.807) is 48.5 Å². The van der Waals surface area contributed by atoms with Crippen molar-refractivity contribution in [2.75, 3.05) is 18.5 Å². The molecule has 0 saturated heterocycles. The Labute approximate surface area is 254 Å². The van der Waals surface area contributed by atoms with Gasteiger partial charge in [0.25, 0.3) is 5.60 Å². The first-order valence-electron chi connectivity index (χ1n) is 13.0. The number of nitrogens with one attached hydrogen (secondary N) is 1. The van der Waals surface area contributed by atoms with Crippen LogP contribution in [0.1, 0.15) is 17.4 Å². The summed E-state index contributed by atoms with van der Waals surface area (Å²) in [5.41, 5.74) is -1.82. The van der Waals surface area contributed by atoms with Crippen LogP contribution in [0.4, 0.5) is 10.2 Å². The first kappa shape index (κ1) is 32.3. The Morgan fingerprint density at radius 1 is 1.11 bits per heavy atom. The summed E-state index contributed by atoms with van der Waals surface area (Å²) < 4.78 is 26.6. The van der Waals surface area contributed by atoms with Crippen molar-refractivity contribution in [1.82, 2.24) is 19.5 Å². The lowest BCUT2D eigenvalue weighted by atomic mass is 9.94. The van der Waals surface area contributed by atoms with Crippen LogP contribution in [0.15, 0.2) is 60.9 Å². The lowest BCUT2D eigenvalue weighted by Crippen LogP contribution is -2.52. The van der Waals surface area contributed by atoms with Gasteiger partial charge >= 0.3 is 11.9 Å². The van der Waals surface area contributed by atoms with Crippen LogP contribution in [-0.2, 0) is 32.0 Å². The van der Waals surface area contributed by atoms with Crippen molar-refractivity contribution in [3.63, 3.8) is 0 Å². The summed E-state index contributed by atoms with van der Waals surface area (Å²) in [6.45, 7) is -1.49. The van der Waals surface area contributed by atoms with Crippen molar-refractivity contribution in [3.05, 3.63) is 83.2 Å². The first-order valence-corrected chi connectivity index (χ1v) is 13.4. The number of aromatic nitrogens is 4. The number of halogens is 2. The standard InChI is InChI=1S/C29H27ClFN5O8/c1-2-21(38)25(44-19(14-37)15-43-29(26(39)40,27(41)42)12-17-8-4-3-5-9-17)36-16-33-22-23(34-28(30)35-24(22)36)32-13-18-10-6-7-11-20(18)31/h1,3-11,16,19,21,25,37-38H,12-15H2,(H,39,40)(H,41,42)(H,32,34,35)/t19-,21+,25+/m0/s1. The number of hydrogen-bond donors (Lipinski definition) is 5. The Balaban J connectivity index is 1.60. The van der Waals surface area contributed by atoms with Crippen molar-refractivity contribution in [2.45, 2.75) is 37.0 Å². The highest BCUT2D eigenvalue weighted by Gasteiger charge is 2.49. The molecule has 15 heteroatoms. The number of aliphatic hydroxyl groups excluding tert-OH is 2. The molecule has 0 aliphatic heterocycles. The summed E-state index contributed by atoms with van der Waals surface area (Å²) in [6.07, 6.45) is 1.60. The molecule has 230 valence electrons. The molecule has 0 amide bonds. The molecule has 4 aromatic rings. The summed E-state index contributed by atoms with van der Waals surface area (Å²) in [5, 5.41) is 43.1. The van der Waals surface area contributed by atoms with Crippen molar-refractivity contribution < 1.29 is 43.9 Å². The number of aliphatic hydroxyl groups is 2. The molecule has 2 aromatic heterocycles. The van der Waals surface area contributed by atoms with E-state index in [9.17, 15) is 34.4 Å². The second kappa shape index (κ2) is 14.2. The van der Waals surface area contributed by atoms with E-state index in [4.69, 9.17) is 27.5 Å². The van der Waals surface area contributed by atoms with Gasteiger partial charge in [-0.2, -0.15) is 9.97 Å². The monoisotopic (exact) mass is 627 g/mol. The fourth-order valence-electron chi connectivity index (χ4n) is 4.26. The number of carboxylic acid groups (broad SMARTS) is 2. The van der Waals surface area contributed by atoms with Gasteiger partial charge in [0.15, 0.2) is 29.3 Å². The fraction of sp³-hybridized carbons (Fsp3) is 0.276. The van der Waals surface area contributed by atoms with Crippen LogP contribution in [0.2, 0.25) is 5.28 Å². The first-order chi connectivity index (χ1) is 21.1. The molecule has 0 saturated carbocycles. The van der Waals surface area contributed by atoms with E-state index >= 15 is 0 Å². The second-order valence-electron chi connectivity index (χ2n) is 9.46. The van der Waals surface area contributed by atoms with Crippen molar-refractivity contribution in [1.29, 1.82) is 0 Å². The van der Waals surface area contributed by atoms with Gasteiger partial charge in [0.1, 0.15) is 11.9 Å². The Hall–Kier alpha value is -4.65. The smallest absolute Gasteiger partial charge is 0.348 e. The highest BCUT2D eigenvalue weighted by Crippen LogP contribution is 2.28. The van der Waals surface area contributed by atoms with E-state index in [-0.39, 0.29) is 28.8 Å². The number of ether oxygens (including phenoxy) is 2. The molecule has 0 spiro atoms. The minimum absolute atomic E-state index is 0.0245. The molecule has 0 bridgehead atoms. The largest absolute Gasteiger partial charge is 0.479 e. The molecule has 0 aliphatic carbocycles. The van der Waals surface area contributed by atoms with Gasteiger partial charge in [-0.1, -0.05) is 54.5 Å². The minimum Gasteiger partial charge on any atom is -0.479 e. The fourth-order valence-corrected chi connectivity index (χ4v) is 4.43. The number of carbonyl (C=O) groups is 2. The Kier molecular flexibility index (Phi) is 10.4. The maximum atomic E-state index is 14.1. The van der Waals surface area contributed by atoms with Crippen molar-refractivity contribution in [3.8, 4) is 12.3 Å². The van der Waals surface area contributed by atoms with Gasteiger partial charge in [-0.3, -0.25) is 4.57 Å². The maximum absolute atomic E-state index is 14.1. The van der Waals surface area contributed by atoms with E-state index in [1.165, 1.54) is 17.0 Å². The van der Waals surface area contributed by atoms with E-state index in [0.29, 0.717) is 11.1 Å². The highest BCUT2D eigenvalue weighted by molar-refractivity contribution is 6.28. The summed E-state index contributed by atoms with van der Waals surface area (Å²) >= 11 is 6.15. The third-order valence-electron chi connectivity index (χ3n) is 6.55. The molecule has 4 rings (SSSR count). The van der Waals surface area contributed by atoms with E-state index in [0.717, 1.165) is 0 Å². The van der Waals surface area contributed by atoms with Gasteiger partial charge in [0, 0.05) is 18.5 Å². The number of terminal acetylenes is 1. The Morgan fingerprint density at radius 2 is 1.80 bits per heavy atom. The van der Waals surface area contributed by atoms with Crippen LogP contribution in [-0.4, -0.2) is 82.9 Å². The number of nitrogens with zero attached hydrogens (tertiary/aromatic N) is 4. The molecule has 44 heavy (non-hydrogen) atoms. The number of fused-ring (bicyclic) bond motifs is 1. The van der Waals surface area contributed by atoms with Gasteiger partial charge in [-0.15, -0.1) is 6.42 Å². The van der Waals surface area contributed by atoms with Crippen LogP contribution in [0.25, 0.3) is 11.2 Å². The normalized spacial score (nSPS) is 13.6. The number of benzene rings is 2. The third kappa shape index (κ3) is 7.10.